The lowest BCUT2D eigenvalue weighted by Crippen LogP contribution is -2.51. The van der Waals surface area contributed by atoms with E-state index in [-0.39, 0.29) is 18.1 Å². The van der Waals surface area contributed by atoms with Crippen LogP contribution in [0.4, 0.5) is 0 Å². The Hall–Kier alpha value is -0.910. The zero-order chi connectivity index (χ0) is 14.3. The van der Waals surface area contributed by atoms with Gasteiger partial charge in [0.05, 0.1) is 6.04 Å². The third-order valence-electron chi connectivity index (χ3n) is 4.54. The van der Waals surface area contributed by atoms with Gasteiger partial charge in [0.2, 0.25) is 5.91 Å². The molecule has 2 aliphatic heterocycles. The summed E-state index contributed by atoms with van der Waals surface area (Å²) < 4.78 is 0. The molecule has 1 N–H and O–H groups in total. The third kappa shape index (κ3) is 2.38. The van der Waals surface area contributed by atoms with Gasteiger partial charge in [0.15, 0.2) is 0 Å². The van der Waals surface area contributed by atoms with E-state index in [9.17, 15) is 4.79 Å². The molecule has 0 radical (unpaired) electrons. The normalized spacial score (nSPS) is 35.8. The Labute approximate surface area is 124 Å². The van der Waals surface area contributed by atoms with Gasteiger partial charge in [0, 0.05) is 17.5 Å². The molecule has 4 nitrogen and oxygen atoms in total. The highest BCUT2D eigenvalue weighted by Gasteiger charge is 2.44. The van der Waals surface area contributed by atoms with Gasteiger partial charge >= 0.3 is 0 Å². The second-order valence-electron chi connectivity index (χ2n) is 6.15. The molecule has 3 heterocycles. The molecule has 2 fully saturated rings. The number of carbonyl (C=O) groups excluding carboxylic acids is 1. The first-order valence-electron chi connectivity index (χ1n) is 7.38. The van der Waals surface area contributed by atoms with Gasteiger partial charge in [-0.15, -0.1) is 11.3 Å². The van der Waals surface area contributed by atoms with Gasteiger partial charge in [-0.2, -0.15) is 0 Å². The number of nitrogens with one attached hydrogen (secondary N) is 1. The number of rotatable bonds is 2. The fourth-order valence-corrected chi connectivity index (χ4v) is 4.30. The molecule has 2 saturated heterocycles. The van der Waals surface area contributed by atoms with Crippen molar-refractivity contribution in [2.75, 3.05) is 20.1 Å². The zero-order valence-electron chi connectivity index (χ0n) is 12.4. The molecule has 2 aliphatic rings. The highest BCUT2D eigenvalue weighted by atomic mass is 32.1. The fraction of sp³-hybridized carbons (Fsp3) is 0.667. The Morgan fingerprint density at radius 1 is 1.40 bits per heavy atom. The van der Waals surface area contributed by atoms with Crippen LogP contribution in [0.25, 0.3) is 0 Å². The summed E-state index contributed by atoms with van der Waals surface area (Å²) in [6, 6.07) is 4.46. The van der Waals surface area contributed by atoms with Crippen molar-refractivity contribution in [3.8, 4) is 0 Å². The van der Waals surface area contributed by atoms with Crippen LogP contribution in [0.3, 0.4) is 0 Å². The maximum absolute atomic E-state index is 12.6. The number of nitrogens with zero attached hydrogens (tertiary/aromatic N) is 2. The van der Waals surface area contributed by atoms with Crippen LogP contribution in [0, 0.1) is 5.92 Å². The van der Waals surface area contributed by atoms with E-state index in [1.54, 1.807) is 11.3 Å². The molecule has 1 amide bonds. The Morgan fingerprint density at radius 3 is 2.85 bits per heavy atom. The lowest BCUT2D eigenvalue weighted by Gasteiger charge is -2.42. The molecule has 20 heavy (non-hydrogen) atoms. The summed E-state index contributed by atoms with van der Waals surface area (Å²) in [5.74, 6) is 0.775. The van der Waals surface area contributed by atoms with Crippen molar-refractivity contribution in [3.05, 3.63) is 22.4 Å². The Bertz CT molecular complexity index is 475. The second-order valence-corrected chi connectivity index (χ2v) is 7.13. The average Bonchev–Trinajstić information content (AvgIpc) is 3.01. The monoisotopic (exact) mass is 293 g/mol. The predicted molar refractivity (Wildman–Crippen MR) is 81.6 cm³/mol. The lowest BCUT2D eigenvalue weighted by atomic mass is 9.92. The van der Waals surface area contributed by atoms with Crippen LogP contribution in [0.2, 0.25) is 0 Å². The standard InChI is InChI=1S/C15H23N3OS/c1-10-9-17(3)7-6-12(10)18-14(13-5-4-8-20-13)16-11(2)15(18)19/h4-5,8,10-12,14,16H,6-7,9H2,1-3H3. The molecule has 4 atom stereocenters. The van der Waals surface area contributed by atoms with Crippen molar-refractivity contribution in [2.45, 2.75) is 38.5 Å². The zero-order valence-corrected chi connectivity index (χ0v) is 13.2. The van der Waals surface area contributed by atoms with E-state index in [0.29, 0.717) is 12.0 Å². The summed E-state index contributed by atoms with van der Waals surface area (Å²) >= 11 is 1.73. The maximum atomic E-state index is 12.6. The largest absolute Gasteiger partial charge is 0.317 e. The van der Waals surface area contributed by atoms with Crippen LogP contribution in [-0.4, -0.2) is 47.9 Å². The van der Waals surface area contributed by atoms with E-state index in [4.69, 9.17) is 0 Å². The van der Waals surface area contributed by atoms with Crippen LogP contribution in [-0.2, 0) is 4.79 Å². The molecule has 0 aliphatic carbocycles. The number of likely N-dealkylation sites (tertiary alicyclic amines) is 1. The average molecular weight is 293 g/mol. The van der Waals surface area contributed by atoms with Crippen molar-refractivity contribution in [1.82, 2.24) is 15.1 Å². The fourth-order valence-electron chi connectivity index (χ4n) is 3.52. The van der Waals surface area contributed by atoms with Gasteiger partial charge in [0.25, 0.3) is 0 Å². The van der Waals surface area contributed by atoms with Gasteiger partial charge in [-0.05, 0) is 44.3 Å². The lowest BCUT2D eigenvalue weighted by molar-refractivity contribution is -0.134. The Kier molecular flexibility index (Phi) is 3.84. The minimum absolute atomic E-state index is 0.0633. The minimum Gasteiger partial charge on any atom is -0.317 e. The van der Waals surface area contributed by atoms with Crippen LogP contribution < -0.4 is 5.32 Å². The summed E-state index contributed by atoms with van der Waals surface area (Å²) in [5.41, 5.74) is 0. The van der Waals surface area contributed by atoms with E-state index in [1.165, 1.54) is 4.88 Å². The highest BCUT2D eigenvalue weighted by molar-refractivity contribution is 7.10. The minimum atomic E-state index is -0.0750. The Balaban J connectivity index is 1.86. The molecule has 4 unspecified atom stereocenters. The van der Waals surface area contributed by atoms with Gasteiger partial charge in [-0.25, -0.2) is 0 Å². The van der Waals surface area contributed by atoms with Crippen LogP contribution in [0.5, 0.6) is 0 Å². The van der Waals surface area contributed by atoms with E-state index < -0.39 is 0 Å². The first-order chi connectivity index (χ1) is 9.58. The summed E-state index contributed by atoms with van der Waals surface area (Å²) in [4.78, 5) is 18.3. The second kappa shape index (κ2) is 5.47. The molecule has 0 bridgehead atoms. The molecule has 0 spiro atoms. The van der Waals surface area contributed by atoms with Crippen molar-refractivity contribution < 1.29 is 4.79 Å². The van der Waals surface area contributed by atoms with Crippen LogP contribution in [0.1, 0.15) is 31.3 Å². The van der Waals surface area contributed by atoms with Gasteiger partial charge in [-0.3, -0.25) is 10.1 Å². The smallest absolute Gasteiger partial charge is 0.241 e. The van der Waals surface area contributed by atoms with Crippen LogP contribution >= 0.6 is 11.3 Å². The summed E-state index contributed by atoms with van der Waals surface area (Å²) in [7, 11) is 2.16. The van der Waals surface area contributed by atoms with Crippen molar-refractivity contribution in [2.24, 2.45) is 5.92 Å². The first kappa shape index (κ1) is 14.0. The molecule has 1 aromatic rings. The molecule has 1 aromatic heterocycles. The quantitative estimate of drug-likeness (QED) is 0.905. The summed E-state index contributed by atoms with van der Waals surface area (Å²) in [6.45, 7) is 6.38. The van der Waals surface area contributed by atoms with E-state index in [0.717, 1.165) is 19.5 Å². The highest BCUT2D eigenvalue weighted by Crippen LogP contribution is 2.34. The number of hydrogen-bond donors (Lipinski definition) is 1. The molecule has 110 valence electrons. The van der Waals surface area contributed by atoms with E-state index in [2.05, 4.69) is 46.6 Å². The number of carbonyl (C=O) groups is 1. The van der Waals surface area contributed by atoms with Crippen molar-refractivity contribution in [3.63, 3.8) is 0 Å². The summed E-state index contributed by atoms with van der Waals surface area (Å²) in [6.07, 6.45) is 1.13. The van der Waals surface area contributed by atoms with E-state index >= 15 is 0 Å². The molecule has 0 saturated carbocycles. The summed E-state index contributed by atoms with van der Waals surface area (Å²) in [5, 5.41) is 5.54. The number of piperidine rings is 1. The maximum Gasteiger partial charge on any atom is 0.241 e. The SMILES string of the molecule is CC1NC(c2cccs2)N(C2CCN(C)CC2C)C1=O. The van der Waals surface area contributed by atoms with Crippen molar-refractivity contribution >= 4 is 17.2 Å². The number of amides is 1. The topological polar surface area (TPSA) is 35.6 Å². The molecule has 0 aromatic carbocycles. The van der Waals surface area contributed by atoms with Gasteiger partial charge in [0.1, 0.15) is 6.17 Å². The van der Waals surface area contributed by atoms with Gasteiger partial charge < -0.3 is 9.80 Å². The number of thiophene rings is 1. The molecule has 5 heteroatoms. The number of hydrogen-bond acceptors (Lipinski definition) is 4. The molecular formula is C15H23N3OS. The molecular weight excluding hydrogens is 270 g/mol. The van der Waals surface area contributed by atoms with E-state index in [1.807, 2.05) is 6.92 Å². The van der Waals surface area contributed by atoms with Gasteiger partial charge in [-0.1, -0.05) is 13.0 Å². The molecule has 3 rings (SSSR count). The third-order valence-corrected chi connectivity index (χ3v) is 5.47. The Morgan fingerprint density at radius 2 is 2.20 bits per heavy atom. The first-order valence-corrected chi connectivity index (χ1v) is 8.26. The predicted octanol–water partition coefficient (Wildman–Crippen LogP) is 1.91. The van der Waals surface area contributed by atoms with Crippen molar-refractivity contribution in [1.29, 1.82) is 0 Å². The van der Waals surface area contributed by atoms with Crippen LogP contribution in [0.15, 0.2) is 17.5 Å².